The van der Waals surface area contributed by atoms with Crippen molar-refractivity contribution >= 4 is 12.3 Å². The molecule has 6 nitrogen and oxygen atoms in total. The second-order valence-electron chi connectivity index (χ2n) is 2.88. The highest BCUT2D eigenvalue weighted by molar-refractivity contribution is 5.57. The first-order valence-electron chi connectivity index (χ1n) is 4.75. The van der Waals surface area contributed by atoms with Crippen LogP contribution in [0.5, 0.6) is 0 Å². The Morgan fingerprint density at radius 1 is 1.00 bits per heavy atom. The quantitative estimate of drug-likeness (QED) is 0.624. The van der Waals surface area contributed by atoms with Crippen LogP contribution in [0.2, 0.25) is 0 Å². The number of rotatable bonds is 3. The van der Waals surface area contributed by atoms with Gasteiger partial charge in [-0.1, -0.05) is 35.9 Å². The zero-order chi connectivity index (χ0) is 13.1. The lowest BCUT2D eigenvalue weighted by Crippen LogP contribution is -2.10. The molecule has 0 saturated heterocycles. The van der Waals surface area contributed by atoms with Crippen molar-refractivity contribution in [1.29, 1.82) is 0 Å². The van der Waals surface area contributed by atoms with Crippen LogP contribution >= 0.6 is 0 Å². The van der Waals surface area contributed by atoms with Gasteiger partial charge in [-0.15, -0.1) is 0 Å². The summed E-state index contributed by atoms with van der Waals surface area (Å²) in [6, 6.07) is 10.3. The summed E-state index contributed by atoms with van der Waals surface area (Å²) >= 11 is 0. The first-order chi connectivity index (χ1) is 8.02. The maximum Gasteiger partial charge on any atom is 0.505 e. The summed E-state index contributed by atoms with van der Waals surface area (Å²) in [6.45, 7) is 1.53. The van der Waals surface area contributed by atoms with E-state index in [1.807, 2.05) is 18.2 Å². The summed E-state index contributed by atoms with van der Waals surface area (Å²) in [7, 11) is 0. The van der Waals surface area contributed by atoms with E-state index >= 15 is 0 Å². The molecule has 0 bridgehead atoms. The molecule has 0 aliphatic heterocycles. The van der Waals surface area contributed by atoms with E-state index in [1.165, 1.54) is 5.56 Å². The van der Waals surface area contributed by atoms with Crippen molar-refractivity contribution in [2.75, 3.05) is 13.2 Å². The fourth-order valence-electron chi connectivity index (χ4n) is 0.792. The molecule has 0 radical (unpaired) electrons. The zero-order valence-electron chi connectivity index (χ0n) is 9.33. The molecule has 0 fully saturated rings. The number of carboxylic acid groups (broad SMARTS) is 2. The van der Waals surface area contributed by atoms with Crippen LogP contribution in [-0.4, -0.2) is 35.7 Å². The highest BCUT2D eigenvalue weighted by Gasteiger charge is 1.98. The Hall–Kier alpha value is -2.24. The average molecular weight is 242 g/mol. The van der Waals surface area contributed by atoms with Gasteiger partial charge in [0.2, 0.25) is 0 Å². The zero-order valence-corrected chi connectivity index (χ0v) is 9.33. The van der Waals surface area contributed by atoms with Crippen LogP contribution in [0.15, 0.2) is 30.3 Å². The van der Waals surface area contributed by atoms with E-state index in [4.69, 9.17) is 10.2 Å². The van der Waals surface area contributed by atoms with Crippen LogP contribution < -0.4 is 0 Å². The van der Waals surface area contributed by atoms with Gasteiger partial charge < -0.3 is 19.7 Å². The number of carbonyl (C=O) groups is 2. The van der Waals surface area contributed by atoms with Gasteiger partial charge >= 0.3 is 12.3 Å². The van der Waals surface area contributed by atoms with Crippen molar-refractivity contribution in [2.45, 2.75) is 6.92 Å². The molecule has 0 amide bonds. The lowest BCUT2D eigenvalue weighted by Gasteiger charge is -1.98. The van der Waals surface area contributed by atoms with Gasteiger partial charge in [-0.2, -0.15) is 0 Å². The predicted octanol–water partition coefficient (Wildman–Crippen LogP) is 2.37. The minimum absolute atomic E-state index is 0.276. The molecule has 0 aliphatic rings. The van der Waals surface area contributed by atoms with E-state index < -0.39 is 12.3 Å². The van der Waals surface area contributed by atoms with E-state index in [0.717, 1.165) is 0 Å². The molecule has 94 valence electrons. The smallest absolute Gasteiger partial charge is 0.450 e. The molecule has 2 N–H and O–H groups in total. The maximum atomic E-state index is 9.62. The number of benzene rings is 1. The highest BCUT2D eigenvalue weighted by Crippen LogP contribution is 1.92. The molecular formula is C11H14O6. The molecule has 0 saturated carbocycles. The summed E-state index contributed by atoms with van der Waals surface area (Å²) < 4.78 is 7.84. The van der Waals surface area contributed by atoms with Gasteiger partial charge in [-0.25, -0.2) is 9.59 Å². The largest absolute Gasteiger partial charge is 0.505 e. The van der Waals surface area contributed by atoms with Gasteiger partial charge in [0.25, 0.3) is 0 Å². The Labute approximate surface area is 98.4 Å². The lowest BCUT2D eigenvalue weighted by molar-refractivity contribution is 0.0472. The van der Waals surface area contributed by atoms with Crippen LogP contribution in [0.25, 0.3) is 0 Å². The molecule has 17 heavy (non-hydrogen) atoms. The van der Waals surface area contributed by atoms with E-state index in [9.17, 15) is 9.59 Å². The van der Waals surface area contributed by atoms with Gasteiger partial charge in [-0.05, 0) is 6.92 Å². The van der Waals surface area contributed by atoms with Crippen molar-refractivity contribution in [3.63, 3.8) is 0 Å². The molecular weight excluding hydrogens is 228 g/mol. The van der Waals surface area contributed by atoms with Crippen molar-refractivity contribution in [3.8, 4) is 0 Å². The normalized spacial score (nSPS) is 8.53. The molecule has 1 aromatic rings. The van der Waals surface area contributed by atoms with E-state index in [-0.39, 0.29) is 13.2 Å². The number of hydrogen-bond acceptors (Lipinski definition) is 4. The van der Waals surface area contributed by atoms with E-state index in [2.05, 4.69) is 28.5 Å². The second kappa shape index (κ2) is 9.02. The molecule has 0 heterocycles. The average Bonchev–Trinajstić information content (AvgIpc) is 2.26. The summed E-state index contributed by atoms with van der Waals surface area (Å²) in [6.07, 6.45) is -2.90. The van der Waals surface area contributed by atoms with Gasteiger partial charge in [-0.3, -0.25) is 0 Å². The first-order valence-corrected chi connectivity index (χ1v) is 4.75. The molecule has 6 heteroatoms. The summed E-state index contributed by atoms with van der Waals surface area (Å²) in [5, 5.41) is 15.7. The molecule has 1 rings (SSSR count). The van der Waals surface area contributed by atoms with Crippen LogP contribution in [0.1, 0.15) is 5.56 Å². The number of hydrogen-bond donors (Lipinski definition) is 2. The lowest BCUT2D eigenvalue weighted by atomic mass is 10.2. The molecule has 0 atom stereocenters. The predicted molar refractivity (Wildman–Crippen MR) is 59.1 cm³/mol. The van der Waals surface area contributed by atoms with Crippen molar-refractivity contribution < 1.29 is 29.3 Å². The van der Waals surface area contributed by atoms with Crippen LogP contribution in [-0.2, 0) is 9.47 Å². The minimum Gasteiger partial charge on any atom is -0.450 e. The maximum absolute atomic E-state index is 9.62. The Kier molecular flexibility index (Phi) is 7.83. The molecule has 0 aromatic heterocycles. The minimum atomic E-state index is -1.45. The molecule has 0 spiro atoms. The molecule has 1 aromatic carbocycles. The van der Waals surface area contributed by atoms with Crippen LogP contribution in [0, 0.1) is 6.92 Å². The van der Waals surface area contributed by atoms with E-state index in [1.54, 1.807) is 0 Å². The Morgan fingerprint density at radius 3 is 1.65 bits per heavy atom. The number of aryl methyl sites for hydroxylation is 1. The highest BCUT2D eigenvalue weighted by atomic mass is 16.7. The Morgan fingerprint density at radius 2 is 1.41 bits per heavy atom. The standard InChI is InChI=1S/C7H8.C4H6O6/c1-7-5-3-2-4-6-7;5-3(6)9-1-2-10-4(7)8/h2-6H,1H3;1-2H2,(H,5,6)(H,7,8). The Balaban J connectivity index is 0.000000318. The van der Waals surface area contributed by atoms with Crippen molar-refractivity contribution in [1.82, 2.24) is 0 Å². The molecule has 0 unspecified atom stereocenters. The van der Waals surface area contributed by atoms with Crippen LogP contribution in [0.3, 0.4) is 0 Å². The van der Waals surface area contributed by atoms with Gasteiger partial charge in [0.15, 0.2) is 0 Å². The molecule has 0 aliphatic carbocycles. The van der Waals surface area contributed by atoms with Gasteiger partial charge in [0, 0.05) is 0 Å². The fourth-order valence-corrected chi connectivity index (χ4v) is 0.792. The third-order valence-electron chi connectivity index (χ3n) is 1.47. The third-order valence-corrected chi connectivity index (χ3v) is 1.47. The van der Waals surface area contributed by atoms with Crippen molar-refractivity contribution in [2.24, 2.45) is 0 Å². The van der Waals surface area contributed by atoms with Crippen molar-refractivity contribution in [3.05, 3.63) is 35.9 Å². The van der Waals surface area contributed by atoms with E-state index in [0.29, 0.717) is 0 Å². The first kappa shape index (κ1) is 14.8. The van der Waals surface area contributed by atoms with Gasteiger partial charge in [0.05, 0.1) is 0 Å². The fraction of sp³-hybridized carbons (Fsp3) is 0.273. The van der Waals surface area contributed by atoms with Crippen LogP contribution in [0.4, 0.5) is 9.59 Å². The topological polar surface area (TPSA) is 93.1 Å². The third kappa shape index (κ3) is 11.7. The monoisotopic (exact) mass is 242 g/mol. The summed E-state index contributed by atoms with van der Waals surface area (Å²) in [4.78, 5) is 19.2. The SMILES string of the molecule is Cc1ccccc1.O=C(O)OCCOC(=O)O. The second-order valence-corrected chi connectivity index (χ2v) is 2.88. The summed E-state index contributed by atoms with van der Waals surface area (Å²) in [5.74, 6) is 0. The summed E-state index contributed by atoms with van der Waals surface area (Å²) in [5.41, 5.74) is 1.32. The Bertz CT molecular complexity index is 319. The number of ether oxygens (including phenoxy) is 2. The van der Waals surface area contributed by atoms with Gasteiger partial charge in [0.1, 0.15) is 13.2 Å².